The summed E-state index contributed by atoms with van der Waals surface area (Å²) >= 11 is -1.40. The fourth-order valence-electron chi connectivity index (χ4n) is 1.65. The van der Waals surface area contributed by atoms with Crippen LogP contribution in [-0.4, -0.2) is 11.5 Å². The van der Waals surface area contributed by atoms with Gasteiger partial charge in [0.15, 0.2) is 0 Å². The van der Waals surface area contributed by atoms with E-state index in [1.54, 1.807) is 3.28 Å². The van der Waals surface area contributed by atoms with Crippen molar-refractivity contribution < 1.29 is 46.0 Å². The van der Waals surface area contributed by atoms with Crippen molar-refractivity contribution in [2.45, 2.75) is 45.8 Å². The molecule has 0 spiro atoms. The maximum absolute atomic E-state index is 3.95. The zero-order chi connectivity index (χ0) is 10.8. The van der Waals surface area contributed by atoms with Crippen LogP contribution in [0, 0.1) is 0 Å². The molecule has 0 atom stereocenters. The van der Waals surface area contributed by atoms with Crippen molar-refractivity contribution in [2.75, 3.05) is 0 Å². The fourth-order valence-corrected chi connectivity index (χ4v) is 18.0. The molecule has 16 heavy (non-hydrogen) atoms. The van der Waals surface area contributed by atoms with Crippen LogP contribution in [0.3, 0.4) is 0 Å². The van der Waals surface area contributed by atoms with Crippen LogP contribution in [0.2, 0.25) is 13.1 Å². The Balaban J connectivity index is 0. The number of halogens is 2. The molecule has 0 aromatic carbocycles. The molecular formula is C11H22Cl2NSiZr. The van der Waals surface area contributed by atoms with Gasteiger partial charge in [-0.25, -0.2) is 0 Å². The zero-order valence-electron chi connectivity index (χ0n) is 10.8. The summed E-state index contributed by atoms with van der Waals surface area (Å²) in [7, 11) is 0. The Morgan fingerprint density at radius 1 is 1.25 bits per heavy atom. The molecule has 93 valence electrons. The van der Waals surface area contributed by atoms with Gasteiger partial charge >= 0.3 is 97.7 Å². The van der Waals surface area contributed by atoms with Gasteiger partial charge in [0.05, 0.1) is 0 Å². The molecule has 0 radical (unpaired) electrons. The Morgan fingerprint density at radius 2 is 1.81 bits per heavy atom. The van der Waals surface area contributed by atoms with Crippen LogP contribution in [0.15, 0.2) is 21.5 Å². The van der Waals surface area contributed by atoms with E-state index in [-0.39, 0.29) is 24.8 Å². The van der Waals surface area contributed by atoms with Crippen molar-refractivity contribution in [3.8, 4) is 0 Å². The second-order valence-corrected chi connectivity index (χ2v) is 23.7. The van der Waals surface area contributed by atoms with Gasteiger partial charge < -0.3 is 24.8 Å². The van der Waals surface area contributed by atoms with Crippen molar-refractivity contribution in [3.05, 3.63) is 21.5 Å². The summed E-state index contributed by atoms with van der Waals surface area (Å²) < 4.78 is 5.73. The van der Waals surface area contributed by atoms with Gasteiger partial charge in [-0.1, -0.05) is 0 Å². The first kappa shape index (κ1) is 19.5. The molecule has 1 N–H and O–H groups in total. The first-order valence-electron chi connectivity index (χ1n) is 5.41. The molecule has 1 aliphatic carbocycles. The topological polar surface area (TPSA) is 12.0 Å². The number of allylic oxidation sites excluding steroid dienone is 4. The van der Waals surface area contributed by atoms with E-state index in [0.29, 0.717) is 5.54 Å². The minimum atomic E-state index is -1.40. The molecule has 0 fully saturated rings. The molecule has 0 saturated carbocycles. The number of hydrogen-bond acceptors (Lipinski definition) is 1. The maximum atomic E-state index is 3.95. The Kier molecular flexibility index (Phi) is 10.0. The minimum absolute atomic E-state index is 0. The largest absolute Gasteiger partial charge is 1.00 e. The second kappa shape index (κ2) is 8.26. The maximum Gasteiger partial charge on any atom is -1.00 e. The van der Waals surface area contributed by atoms with Crippen LogP contribution in [0.4, 0.5) is 0 Å². The van der Waals surface area contributed by atoms with Crippen LogP contribution >= 0.6 is 0 Å². The van der Waals surface area contributed by atoms with Gasteiger partial charge in [-0.3, -0.25) is 0 Å². The summed E-state index contributed by atoms with van der Waals surface area (Å²) in [5.74, 6) is -0.461. The van der Waals surface area contributed by atoms with E-state index < -0.39 is 27.1 Å². The molecule has 1 rings (SSSR count). The van der Waals surface area contributed by atoms with E-state index in [1.165, 1.54) is 6.42 Å². The monoisotopic (exact) mass is 356 g/mol. The van der Waals surface area contributed by atoms with Crippen molar-refractivity contribution in [1.29, 1.82) is 0 Å². The van der Waals surface area contributed by atoms with Gasteiger partial charge in [0.2, 0.25) is 0 Å². The average Bonchev–Trinajstić information content (AvgIpc) is 2.49. The first-order valence-corrected chi connectivity index (χ1v) is 15.0. The predicted octanol–water partition coefficient (Wildman–Crippen LogP) is -3.26. The van der Waals surface area contributed by atoms with E-state index in [1.807, 2.05) is 0 Å². The van der Waals surface area contributed by atoms with Gasteiger partial charge in [0.1, 0.15) is 0 Å². The van der Waals surface area contributed by atoms with Crippen LogP contribution in [-0.2, 0) is 21.2 Å². The van der Waals surface area contributed by atoms with Crippen LogP contribution in [0.25, 0.3) is 0 Å². The van der Waals surface area contributed by atoms with Crippen molar-refractivity contribution in [3.63, 3.8) is 0 Å². The molecule has 0 saturated heterocycles. The molecule has 1 nitrogen and oxygen atoms in total. The van der Waals surface area contributed by atoms with Crippen molar-refractivity contribution >= 4 is 5.92 Å². The van der Waals surface area contributed by atoms with Crippen LogP contribution < -0.4 is 28.1 Å². The summed E-state index contributed by atoms with van der Waals surface area (Å²) in [4.78, 5) is 0. The third-order valence-electron chi connectivity index (χ3n) is 2.20. The normalized spacial score (nSPS) is 14.2. The second-order valence-electron chi connectivity index (χ2n) is 5.27. The molecular weight excluding hydrogens is 336 g/mol. The van der Waals surface area contributed by atoms with Gasteiger partial charge in [0.25, 0.3) is 0 Å². The van der Waals surface area contributed by atoms with E-state index >= 15 is 0 Å². The molecule has 0 aliphatic heterocycles. The molecule has 5 heteroatoms. The Bertz CT molecular complexity index is 259. The fraction of sp³-hybridized carbons (Fsp3) is 0.636. The van der Waals surface area contributed by atoms with E-state index in [0.717, 1.165) is 0 Å². The molecule has 0 bridgehead atoms. The van der Waals surface area contributed by atoms with Gasteiger partial charge in [0, 0.05) is 0 Å². The standard InChI is InChI=1S/C5H5.C4H10N.C2H7Si.2ClH.Zr/c1-2-4-5-3-1;1-4(2,3)5;1-3-2;;;/h1-3H,4H2;5H,1-3H3;3H,1-2H3;2*1H;/q;-1;;;;+3/p-2. The first-order chi connectivity index (χ1) is 6.40. The molecule has 0 heterocycles. The van der Waals surface area contributed by atoms with E-state index in [9.17, 15) is 0 Å². The summed E-state index contributed by atoms with van der Waals surface area (Å²) in [6.45, 7) is 11.9. The Morgan fingerprint density at radius 3 is 2.12 bits per heavy atom. The summed E-state index contributed by atoms with van der Waals surface area (Å²) in [6.07, 6.45) is 8.15. The zero-order valence-corrected chi connectivity index (χ0v) is 15.9. The van der Waals surface area contributed by atoms with Crippen molar-refractivity contribution in [1.82, 2.24) is 3.26 Å². The molecule has 1 aliphatic rings. The minimum Gasteiger partial charge on any atom is -1.00 e. The van der Waals surface area contributed by atoms with E-state index in [2.05, 4.69) is 55.4 Å². The molecule has 0 unspecified atom stereocenters. The van der Waals surface area contributed by atoms with Crippen molar-refractivity contribution in [2.24, 2.45) is 0 Å². The van der Waals surface area contributed by atoms with Gasteiger partial charge in [-0.2, -0.15) is 0 Å². The average molecular weight is 359 g/mol. The molecule has 0 amide bonds. The molecule has 0 aromatic rings. The smallest absolute Gasteiger partial charge is 1.00 e. The Hall–Kier alpha value is 1.12. The summed E-state index contributed by atoms with van der Waals surface area (Å²) in [5.41, 5.74) is 0.315. The van der Waals surface area contributed by atoms with Crippen LogP contribution in [0.1, 0.15) is 27.2 Å². The third kappa shape index (κ3) is 6.76. The quantitative estimate of drug-likeness (QED) is 0.523. The summed E-state index contributed by atoms with van der Waals surface area (Å²) in [5, 5.41) is 0. The van der Waals surface area contributed by atoms with E-state index in [4.69, 9.17) is 0 Å². The number of rotatable bonds is 3. The van der Waals surface area contributed by atoms with Gasteiger partial charge in [-0.15, -0.1) is 0 Å². The predicted molar refractivity (Wildman–Crippen MR) is 63.6 cm³/mol. The van der Waals surface area contributed by atoms with Crippen LogP contribution in [0.5, 0.6) is 0 Å². The number of nitrogens with one attached hydrogen (secondary N) is 1. The SMILES string of the molecule is C[SiH](C)[Zr+2]([NH]C(C)(C)C)[C]1=CC=CC1.[Cl-].[Cl-]. The van der Waals surface area contributed by atoms with Gasteiger partial charge in [-0.05, 0) is 0 Å². The summed E-state index contributed by atoms with van der Waals surface area (Å²) in [6, 6.07) is 0. The molecule has 0 aromatic heterocycles. The number of hydrogen-bond donors (Lipinski definition) is 1. The third-order valence-corrected chi connectivity index (χ3v) is 20.0. The Labute approximate surface area is 122 Å².